The van der Waals surface area contributed by atoms with Crippen LogP contribution >= 0.6 is 11.6 Å². The number of methoxy groups -OCH3 is 1. The van der Waals surface area contributed by atoms with Crippen molar-refractivity contribution in [3.05, 3.63) is 45.8 Å². The average Bonchev–Trinajstić information content (AvgIpc) is 3.44. The quantitative estimate of drug-likeness (QED) is 0.316. The molecular weight excluding hydrogens is 512 g/mol. The van der Waals surface area contributed by atoms with Gasteiger partial charge in [0.2, 0.25) is 11.9 Å². The Balaban J connectivity index is 1.45. The first-order valence-electron chi connectivity index (χ1n) is 12.1. The van der Waals surface area contributed by atoms with Crippen LogP contribution in [0, 0.1) is 19.8 Å². The zero-order valence-electron chi connectivity index (χ0n) is 21.2. The molecule has 13 heteroatoms. The van der Waals surface area contributed by atoms with E-state index in [0.29, 0.717) is 54.7 Å². The van der Waals surface area contributed by atoms with Crippen molar-refractivity contribution >= 4 is 52.6 Å². The van der Waals surface area contributed by atoms with Gasteiger partial charge in [0.1, 0.15) is 16.7 Å². The van der Waals surface area contributed by atoms with E-state index in [1.54, 1.807) is 25.6 Å². The monoisotopic (exact) mass is 538 g/mol. The van der Waals surface area contributed by atoms with Crippen molar-refractivity contribution in [2.24, 2.45) is 5.92 Å². The standard InChI is InChI=1S/C25H27ClN8O4/c1-12-9-28-16(13(2)20(12)37-3)11-34-22-19(21(26)32-25(27)33-22)15(24(34)36)8-17-29-10-18(30-17)31-23(35)14-4-6-38-7-5-14/h8-10,14H,4-7,11H2,1-3H3,(H,29,30)(H,31,35)(H2,27,32,33)/b15-8-. The second kappa shape index (κ2) is 10.4. The number of amides is 2. The number of anilines is 3. The normalized spacial score (nSPS) is 16.7. The summed E-state index contributed by atoms with van der Waals surface area (Å²) in [4.78, 5) is 48.0. The number of carbonyl (C=O) groups is 2. The van der Waals surface area contributed by atoms with Crippen molar-refractivity contribution in [2.75, 3.05) is 36.3 Å². The first kappa shape index (κ1) is 25.6. The summed E-state index contributed by atoms with van der Waals surface area (Å²) in [5.74, 6) is 1.00. The van der Waals surface area contributed by atoms with E-state index in [4.69, 9.17) is 26.8 Å². The number of hydrogen-bond donors (Lipinski definition) is 3. The number of nitrogens with two attached hydrogens (primary N) is 1. The SMILES string of the molecule is COc1c(C)cnc(CN2C(=O)/C(=C\c3nc(NC(=O)C4CCOCC4)c[nH]3)c3c(Cl)nc(N)nc32)c1C. The van der Waals surface area contributed by atoms with Gasteiger partial charge < -0.3 is 25.5 Å². The molecular formula is C25H27ClN8O4. The number of pyridine rings is 1. The molecule has 2 amide bonds. The largest absolute Gasteiger partial charge is 0.496 e. The maximum absolute atomic E-state index is 13.7. The molecule has 0 atom stereocenters. The smallest absolute Gasteiger partial charge is 0.260 e. The number of imidazole rings is 1. The molecule has 0 saturated carbocycles. The summed E-state index contributed by atoms with van der Waals surface area (Å²) in [6.45, 7) is 5.02. The zero-order chi connectivity index (χ0) is 27.0. The summed E-state index contributed by atoms with van der Waals surface area (Å²) >= 11 is 6.44. The first-order valence-corrected chi connectivity index (χ1v) is 12.4. The van der Waals surface area contributed by atoms with Gasteiger partial charge in [-0.3, -0.25) is 19.5 Å². The number of nitrogens with one attached hydrogen (secondary N) is 2. The average molecular weight is 539 g/mol. The molecule has 3 aromatic rings. The van der Waals surface area contributed by atoms with Crippen LogP contribution in [0.5, 0.6) is 5.75 Å². The molecule has 4 N–H and O–H groups in total. The number of nitrogen functional groups attached to an aromatic ring is 1. The molecule has 198 valence electrons. The number of H-pyrrole nitrogens is 1. The molecule has 5 heterocycles. The Morgan fingerprint density at radius 1 is 1.32 bits per heavy atom. The molecule has 1 fully saturated rings. The second-order valence-electron chi connectivity index (χ2n) is 9.11. The Kier molecular flexibility index (Phi) is 7.00. The van der Waals surface area contributed by atoms with Gasteiger partial charge in [0.25, 0.3) is 5.91 Å². The second-order valence-corrected chi connectivity index (χ2v) is 9.47. The Hall–Kier alpha value is -4.03. The number of nitrogens with zero attached hydrogens (tertiary/aromatic N) is 5. The van der Waals surface area contributed by atoms with Crippen molar-refractivity contribution < 1.29 is 19.1 Å². The van der Waals surface area contributed by atoms with Crippen LogP contribution in [0.25, 0.3) is 11.6 Å². The maximum atomic E-state index is 13.7. The Morgan fingerprint density at radius 3 is 2.82 bits per heavy atom. The van der Waals surface area contributed by atoms with E-state index in [9.17, 15) is 9.59 Å². The van der Waals surface area contributed by atoms with Crippen LogP contribution < -0.4 is 20.7 Å². The van der Waals surface area contributed by atoms with E-state index in [2.05, 4.69) is 30.2 Å². The zero-order valence-corrected chi connectivity index (χ0v) is 21.9. The summed E-state index contributed by atoms with van der Waals surface area (Å²) in [6, 6.07) is 0. The molecule has 3 aromatic heterocycles. The lowest BCUT2D eigenvalue weighted by Gasteiger charge is -2.20. The van der Waals surface area contributed by atoms with Gasteiger partial charge in [0.15, 0.2) is 11.6 Å². The van der Waals surface area contributed by atoms with E-state index in [-0.39, 0.29) is 46.8 Å². The van der Waals surface area contributed by atoms with Gasteiger partial charge in [-0.1, -0.05) is 11.6 Å². The molecule has 38 heavy (non-hydrogen) atoms. The third-order valence-corrected chi connectivity index (χ3v) is 6.92. The van der Waals surface area contributed by atoms with Crippen molar-refractivity contribution in [1.29, 1.82) is 0 Å². The van der Waals surface area contributed by atoms with Gasteiger partial charge in [-0.2, -0.15) is 4.98 Å². The third-order valence-electron chi connectivity index (χ3n) is 6.64. The number of ether oxygens (including phenoxy) is 2. The summed E-state index contributed by atoms with van der Waals surface area (Å²) in [5, 5.41) is 2.86. The predicted octanol–water partition coefficient (Wildman–Crippen LogP) is 2.91. The minimum atomic E-state index is -0.369. The van der Waals surface area contributed by atoms with Gasteiger partial charge in [0, 0.05) is 42.7 Å². The highest BCUT2D eigenvalue weighted by Crippen LogP contribution is 2.41. The lowest BCUT2D eigenvalue weighted by molar-refractivity contribution is -0.122. The summed E-state index contributed by atoms with van der Waals surface area (Å²) in [7, 11) is 1.59. The molecule has 0 bridgehead atoms. The molecule has 5 rings (SSSR count). The van der Waals surface area contributed by atoms with Crippen LogP contribution in [-0.4, -0.2) is 57.1 Å². The maximum Gasteiger partial charge on any atom is 0.260 e. The Morgan fingerprint density at radius 2 is 2.08 bits per heavy atom. The minimum Gasteiger partial charge on any atom is -0.496 e. The first-order chi connectivity index (χ1) is 18.3. The fourth-order valence-electron chi connectivity index (χ4n) is 4.67. The topological polar surface area (TPSA) is 161 Å². The van der Waals surface area contributed by atoms with Crippen molar-refractivity contribution in [2.45, 2.75) is 33.2 Å². The van der Waals surface area contributed by atoms with Crippen LogP contribution in [0.1, 0.15) is 41.1 Å². The fraction of sp³-hybridized carbons (Fsp3) is 0.360. The predicted molar refractivity (Wildman–Crippen MR) is 142 cm³/mol. The highest BCUT2D eigenvalue weighted by Gasteiger charge is 2.38. The highest BCUT2D eigenvalue weighted by molar-refractivity contribution is 6.41. The molecule has 0 unspecified atom stereocenters. The van der Waals surface area contributed by atoms with Crippen LogP contribution in [0.4, 0.5) is 17.6 Å². The van der Waals surface area contributed by atoms with E-state index in [1.165, 1.54) is 4.90 Å². The van der Waals surface area contributed by atoms with Crippen LogP contribution in [0.3, 0.4) is 0 Å². The number of halogens is 1. The third kappa shape index (κ3) is 4.79. The molecule has 1 saturated heterocycles. The minimum absolute atomic E-state index is 0.0420. The van der Waals surface area contributed by atoms with Gasteiger partial charge in [-0.05, 0) is 32.8 Å². The van der Waals surface area contributed by atoms with E-state index >= 15 is 0 Å². The molecule has 2 aliphatic rings. The summed E-state index contributed by atoms with van der Waals surface area (Å²) in [6.07, 6.45) is 6.13. The highest BCUT2D eigenvalue weighted by atomic mass is 35.5. The summed E-state index contributed by atoms with van der Waals surface area (Å²) < 4.78 is 10.8. The van der Waals surface area contributed by atoms with Crippen LogP contribution in [0.15, 0.2) is 12.4 Å². The van der Waals surface area contributed by atoms with Gasteiger partial charge in [0.05, 0.1) is 30.5 Å². The number of carbonyl (C=O) groups excluding carboxylic acids is 2. The molecule has 0 aliphatic carbocycles. The number of aryl methyl sites for hydroxylation is 1. The summed E-state index contributed by atoms with van der Waals surface area (Å²) in [5.41, 5.74) is 8.77. The van der Waals surface area contributed by atoms with Crippen molar-refractivity contribution in [3.63, 3.8) is 0 Å². The number of aromatic nitrogens is 5. The molecule has 12 nitrogen and oxygen atoms in total. The number of hydrogen-bond acceptors (Lipinski definition) is 9. The lowest BCUT2D eigenvalue weighted by atomic mass is 9.99. The number of aromatic amines is 1. The molecule has 0 spiro atoms. The molecule has 0 aromatic carbocycles. The number of fused-ring (bicyclic) bond motifs is 1. The lowest BCUT2D eigenvalue weighted by Crippen LogP contribution is -2.28. The fourth-order valence-corrected chi connectivity index (χ4v) is 4.95. The van der Waals surface area contributed by atoms with Gasteiger partial charge in [-0.25, -0.2) is 9.97 Å². The van der Waals surface area contributed by atoms with Gasteiger partial charge in [-0.15, -0.1) is 0 Å². The van der Waals surface area contributed by atoms with E-state index in [1.807, 2.05) is 13.8 Å². The molecule has 0 radical (unpaired) electrons. The van der Waals surface area contributed by atoms with Gasteiger partial charge >= 0.3 is 0 Å². The van der Waals surface area contributed by atoms with Crippen LogP contribution in [-0.2, 0) is 20.9 Å². The van der Waals surface area contributed by atoms with Crippen molar-refractivity contribution in [1.82, 2.24) is 24.9 Å². The molecule has 2 aliphatic heterocycles. The Labute approximate surface area is 223 Å². The van der Waals surface area contributed by atoms with E-state index < -0.39 is 0 Å². The Bertz CT molecular complexity index is 1450. The van der Waals surface area contributed by atoms with Crippen LogP contribution in [0.2, 0.25) is 5.15 Å². The van der Waals surface area contributed by atoms with Crippen molar-refractivity contribution in [3.8, 4) is 5.75 Å². The number of rotatable bonds is 6. The van der Waals surface area contributed by atoms with E-state index in [0.717, 1.165) is 11.1 Å².